The Balaban J connectivity index is 2.38. The summed E-state index contributed by atoms with van der Waals surface area (Å²) >= 11 is 0. The van der Waals surface area contributed by atoms with E-state index in [2.05, 4.69) is 4.42 Å². The van der Waals surface area contributed by atoms with Crippen molar-refractivity contribution in [1.29, 1.82) is 5.26 Å². The van der Waals surface area contributed by atoms with E-state index in [4.69, 9.17) is 11.0 Å². The molecule has 0 bridgehead atoms. The van der Waals surface area contributed by atoms with Crippen molar-refractivity contribution in [3.63, 3.8) is 0 Å². The molecule has 0 spiro atoms. The van der Waals surface area contributed by atoms with E-state index in [0.29, 0.717) is 11.6 Å². The zero-order valence-electron chi connectivity index (χ0n) is 9.86. The minimum absolute atomic E-state index is 0.116. The van der Waals surface area contributed by atoms with E-state index in [1.165, 1.54) is 24.3 Å². The van der Waals surface area contributed by atoms with Crippen LogP contribution in [0.4, 0.5) is 19.1 Å². The second-order valence-electron chi connectivity index (χ2n) is 3.90. The van der Waals surface area contributed by atoms with Crippen LogP contribution in [-0.4, -0.2) is 5.78 Å². The summed E-state index contributed by atoms with van der Waals surface area (Å²) in [6, 6.07) is 7.86. The van der Waals surface area contributed by atoms with Crippen LogP contribution in [0.5, 0.6) is 0 Å². The minimum Gasteiger partial charge on any atom is -0.436 e. The summed E-state index contributed by atoms with van der Waals surface area (Å²) in [6.07, 6.45) is -4.71. The molecule has 2 N–H and O–H groups in total. The largest absolute Gasteiger partial charge is 0.449 e. The lowest BCUT2D eigenvalue weighted by Gasteiger charge is -1.99. The Bertz CT molecular complexity index is 694. The molecule has 0 fully saturated rings. The van der Waals surface area contributed by atoms with Gasteiger partial charge in [0.05, 0.1) is 17.2 Å². The first-order valence-corrected chi connectivity index (χ1v) is 5.34. The summed E-state index contributed by atoms with van der Waals surface area (Å²) in [5, 5.41) is 8.63. The number of nitrogen functional groups attached to an aromatic ring is 1. The number of nitrogens with zero attached hydrogens (tertiary/aromatic N) is 1. The number of carbonyl (C=O) groups is 1. The molecular formula is C13H7F3N2O2. The van der Waals surface area contributed by atoms with Crippen LogP contribution in [-0.2, 0) is 6.18 Å². The van der Waals surface area contributed by atoms with Crippen molar-refractivity contribution < 1.29 is 22.4 Å². The second-order valence-corrected chi connectivity index (χ2v) is 3.90. The van der Waals surface area contributed by atoms with Crippen LogP contribution in [0.3, 0.4) is 0 Å². The molecule has 0 aliphatic heterocycles. The number of furan rings is 1. The van der Waals surface area contributed by atoms with Crippen molar-refractivity contribution >= 4 is 11.7 Å². The SMILES string of the molecule is N#Cc1ccc(C(=O)c2cc(C(F)(F)F)oc2N)cc1. The summed E-state index contributed by atoms with van der Waals surface area (Å²) in [5.74, 6) is -2.62. The highest BCUT2D eigenvalue weighted by molar-refractivity contribution is 6.11. The van der Waals surface area contributed by atoms with Crippen LogP contribution in [0, 0.1) is 11.3 Å². The van der Waals surface area contributed by atoms with E-state index in [-0.39, 0.29) is 11.1 Å². The van der Waals surface area contributed by atoms with Crippen LogP contribution in [0.1, 0.15) is 27.2 Å². The number of hydrogen-bond acceptors (Lipinski definition) is 4. The predicted octanol–water partition coefficient (Wildman–Crippen LogP) is 2.98. The molecule has 0 aliphatic carbocycles. The second kappa shape index (κ2) is 4.74. The summed E-state index contributed by atoms with van der Waals surface area (Å²) in [4.78, 5) is 12.0. The first-order chi connectivity index (χ1) is 9.32. The van der Waals surface area contributed by atoms with Gasteiger partial charge in [-0.2, -0.15) is 18.4 Å². The lowest BCUT2D eigenvalue weighted by Crippen LogP contribution is -2.04. The van der Waals surface area contributed by atoms with Gasteiger partial charge < -0.3 is 10.2 Å². The van der Waals surface area contributed by atoms with Crippen molar-refractivity contribution in [2.75, 3.05) is 5.73 Å². The number of nitriles is 1. The predicted molar refractivity (Wildman–Crippen MR) is 62.7 cm³/mol. The van der Waals surface area contributed by atoms with Gasteiger partial charge in [-0.05, 0) is 24.3 Å². The average Bonchev–Trinajstić information content (AvgIpc) is 2.80. The molecule has 0 radical (unpaired) electrons. The van der Waals surface area contributed by atoms with Crippen molar-refractivity contribution in [1.82, 2.24) is 0 Å². The molecule has 1 aromatic carbocycles. The molecule has 2 rings (SSSR count). The number of alkyl halides is 3. The van der Waals surface area contributed by atoms with E-state index >= 15 is 0 Å². The number of halogens is 3. The van der Waals surface area contributed by atoms with E-state index in [0.717, 1.165) is 0 Å². The zero-order chi connectivity index (χ0) is 14.9. The van der Waals surface area contributed by atoms with Crippen LogP contribution < -0.4 is 5.73 Å². The molecule has 102 valence electrons. The van der Waals surface area contributed by atoms with Crippen LogP contribution in [0.2, 0.25) is 0 Å². The molecule has 0 saturated heterocycles. The fourth-order valence-corrected chi connectivity index (χ4v) is 1.57. The number of ketones is 1. The Morgan fingerprint density at radius 3 is 2.30 bits per heavy atom. The highest BCUT2D eigenvalue weighted by Gasteiger charge is 2.37. The van der Waals surface area contributed by atoms with Crippen molar-refractivity contribution in [3.05, 3.63) is 52.8 Å². The number of nitrogens with two attached hydrogens (primary N) is 1. The molecule has 20 heavy (non-hydrogen) atoms. The van der Waals surface area contributed by atoms with Gasteiger partial charge in [0.25, 0.3) is 0 Å². The Morgan fingerprint density at radius 1 is 1.25 bits per heavy atom. The van der Waals surface area contributed by atoms with Crippen LogP contribution in [0.25, 0.3) is 0 Å². The fourth-order valence-electron chi connectivity index (χ4n) is 1.57. The first kappa shape index (κ1) is 13.7. The Kier molecular flexibility index (Phi) is 3.24. The van der Waals surface area contributed by atoms with Gasteiger partial charge in [0.2, 0.25) is 11.6 Å². The Hall–Kier alpha value is -2.75. The highest BCUT2D eigenvalue weighted by Crippen LogP contribution is 2.34. The van der Waals surface area contributed by atoms with E-state index in [1.54, 1.807) is 0 Å². The third kappa shape index (κ3) is 2.49. The Labute approximate surface area is 111 Å². The fraction of sp³-hybridized carbons (Fsp3) is 0.0769. The number of anilines is 1. The van der Waals surface area contributed by atoms with Gasteiger partial charge in [-0.3, -0.25) is 4.79 Å². The third-order valence-electron chi connectivity index (χ3n) is 2.56. The van der Waals surface area contributed by atoms with Gasteiger partial charge in [0, 0.05) is 11.6 Å². The normalized spacial score (nSPS) is 11.1. The maximum absolute atomic E-state index is 12.4. The van der Waals surface area contributed by atoms with Crippen molar-refractivity contribution in [3.8, 4) is 6.07 Å². The molecule has 1 aromatic heterocycles. The smallest absolute Gasteiger partial charge is 0.436 e. The van der Waals surface area contributed by atoms with E-state index < -0.39 is 23.6 Å². The number of rotatable bonds is 2. The van der Waals surface area contributed by atoms with Crippen molar-refractivity contribution in [2.24, 2.45) is 0 Å². The molecule has 0 saturated carbocycles. The molecule has 1 heterocycles. The highest BCUT2D eigenvalue weighted by atomic mass is 19.4. The standard InChI is InChI=1S/C13H7F3N2O2/c14-13(15,16)10-5-9(12(18)20-10)11(19)8-3-1-7(6-17)2-4-8/h1-5H,18H2. The summed E-state index contributed by atoms with van der Waals surface area (Å²) in [5.41, 5.74) is 5.38. The van der Waals surface area contributed by atoms with Gasteiger partial charge >= 0.3 is 6.18 Å². The van der Waals surface area contributed by atoms with Gasteiger partial charge in [-0.25, -0.2) is 0 Å². The molecule has 2 aromatic rings. The molecule has 0 amide bonds. The maximum Gasteiger partial charge on any atom is 0.449 e. The molecule has 0 atom stereocenters. The molecule has 4 nitrogen and oxygen atoms in total. The first-order valence-electron chi connectivity index (χ1n) is 5.34. The molecule has 0 unspecified atom stereocenters. The molecule has 7 heteroatoms. The van der Waals surface area contributed by atoms with Crippen LogP contribution >= 0.6 is 0 Å². The molecular weight excluding hydrogens is 273 g/mol. The Morgan fingerprint density at radius 2 is 1.85 bits per heavy atom. The summed E-state index contributed by atoms with van der Waals surface area (Å²) in [7, 11) is 0. The lowest BCUT2D eigenvalue weighted by atomic mass is 10.0. The number of carbonyl (C=O) groups excluding carboxylic acids is 1. The van der Waals surface area contributed by atoms with Crippen molar-refractivity contribution in [2.45, 2.75) is 6.18 Å². The van der Waals surface area contributed by atoms with Gasteiger partial charge in [-0.1, -0.05) is 0 Å². The lowest BCUT2D eigenvalue weighted by molar-refractivity contribution is -0.152. The molecule has 0 aliphatic rings. The maximum atomic E-state index is 12.4. The monoisotopic (exact) mass is 280 g/mol. The van der Waals surface area contributed by atoms with Gasteiger partial charge in [-0.15, -0.1) is 0 Å². The van der Waals surface area contributed by atoms with Crippen LogP contribution in [0.15, 0.2) is 34.7 Å². The topological polar surface area (TPSA) is 80.0 Å². The summed E-state index contributed by atoms with van der Waals surface area (Å²) in [6.45, 7) is 0. The third-order valence-corrected chi connectivity index (χ3v) is 2.56. The van der Waals surface area contributed by atoms with E-state index in [1.807, 2.05) is 6.07 Å². The van der Waals surface area contributed by atoms with E-state index in [9.17, 15) is 18.0 Å². The van der Waals surface area contributed by atoms with Gasteiger partial charge in [0.15, 0.2) is 5.78 Å². The quantitative estimate of drug-likeness (QED) is 0.857. The number of benzene rings is 1. The average molecular weight is 280 g/mol. The zero-order valence-corrected chi connectivity index (χ0v) is 9.86. The number of hydrogen-bond donors (Lipinski definition) is 1. The summed E-state index contributed by atoms with van der Waals surface area (Å²) < 4.78 is 41.7. The van der Waals surface area contributed by atoms with Gasteiger partial charge in [0.1, 0.15) is 0 Å². The minimum atomic E-state index is -4.71.